The van der Waals surface area contributed by atoms with Gasteiger partial charge in [0.1, 0.15) is 6.73 Å². The van der Waals surface area contributed by atoms with Crippen LogP contribution in [0.1, 0.15) is 15.9 Å². The van der Waals surface area contributed by atoms with E-state index >= 15 is 0 Å². The van der Waals surface area contributed by atoms with Gasteiger partial charge in [-0.15, -0.1) is 6.42 Å². The molecule has 0 bridgehead atoms. The van der Waals surface area contributed by atoms with Crippen LogP contribution in [-0.2, 0) is 16.1 Å². The Morgan fingerprint density at radius 3 is 2.61 bits per heavy atom. The predicted octanol–water partition coefficient (Wildman–Crippen LogP) is 2.03. The Morgan fingerprint density at radius 1 is 1.29 bits per heavy atom. The van der Waals surface area contributed by atoms with Crippen LogP contribution in [0.25, 0.3) is 0 Å². The average Bonchev–Trinajstić information content (AvgIpc) is 3.13. The SMILES string of the molecule is C#C[C@]1(CN2Cc3ccc(OC)c(F)c3C2=O)NC(=O)N(COCC[Si](C)(C)C)C1=O. The molecular formula is C21H26FN3O5Si. The highest BCUT2D eigenvalue weighted by Gasteiger charge is 2.53. The summed E-state index contributed by atoms with van der Waals surface area (Å²) in [4.78, 5) is 40.4. The maximum absolute atomic E-state index is 14.6. The van der Waals surface area contributed by atoms with E-state index in [0.717, 1.165) is 10.9 Å². The predicted molar refractivity (Wildman–Crippen MR) is 114 cm³/mol. The molecule has 0 unspecified atom stereocenters. The van der Waals surface area contributed by atoms with Gasteiger partial charge < -0.3 is 19.7 Å². The zero-order chi connectivity index (χ0) is 23.0. The molecule has 1 aromatic carbocycles. The number of terminal acetylenes is 1. The average molecular weight is 448 g/mol. The maximum Gasteiger partial charge on any atom is 0.327 e. The number of imide groups is 1. The van der Waals surface area contributed by atoms with E-state index in [1.807, 2.05) is 0 Å². The molecule has 0 aliphatic carbocycles. The number of amides is 4. The quantitative estimate of drug-likeness (QED) is 0.285. The van der Waals surface area contributed by atoms with Crippen molar-refractivity contribution in [1.29, 1.82) is 0 Å². The molecule has 0 aromatic heterocycles. The lowest BCUT2D eigenvalue weighted by molar-refractivity contribution is -0.133. The summed E-state index contributed by atoms with van der Waals surface area (Å²) < 4.78 is 25.0. The third-order valence-electron chi connectivity index (χ3n) is 5.34. The fourth-order valence-corrected chi connectivity index (χ4v) is 4.25. The molecule has 0 saturated carbocycles. The standard InChI is InChI=1S/C21H26FN3O5Si/c1-6-21(19(27)25(20(28)23-21)13-30-9-10-31(3,4)5)12-24-11-14-7-8-15(29-2)17(22)16(14)18(24)26/h1,7-8H,9-13H2,2-5H3,(H,23,28)/t21-/m1/s1. The lowest BCUT2D eigenvalue weighted by Gasteiger charge is -2.26. The number of urea groups is 1. The summed E-state index contributed by atoms with van der Waals surface area (Å²) in [5.74, 6) is 0.229. The lowest BCUT2D eigenvalue weighted by atomic mass is 10.00. The van der Waals surface area contributed by atoms with Crippen molar-refractivity contribution in [2.75, 3.05) is 27.0 Å². The third-order valence-corrected chi connectivity index (χ3v) is 7.05. The molecule has 1 fully saturated rings. The lowest BCUT2D eigenvalue weighted by Crippen LogP contribution is -2.54. The number of ether oxygens (including phenoxy) is 2. The van der Waals surface area contributed by atoms with Gasteiger partial charge in [0.15, 0.2) is 17.1 Å². The van der Waals surface area contributed by atoms with Gasteiger partial charge >= 0.3 is 6.03 Å². The normalized spacial score (nSPS) is 20.7. The Labute approximate surface area is 181 Å². The zero-order valence-corrected chi connectivity index (χ0v) is 19.1. The Balaban J connectivity index is 1.72. The van der Waals surface area contributed by atoms with Crippen molar-refractivity contribution in [2.45, 2.75) is 37.8 Å². The van der Waals surface area contributed by atoms with Crippen LogP contribution in [0, 0.1) is 18.2 Å². The molecule has 1 atom stereocenters. The number of nitrogens with zero attached hydrogens (tertiary/aromatic N) is 2. The Kier molecular flexibility index (Phi) is 6.11. The largest absolute Gasteiger partial charge is 0.494 e. The Morgan fingerprint density at radius 2 is 2.00 bits per heavy atom. The molecular weight excluding hydrogens is 421 g/mol. The first-order valence-electron chi connectivity index (χ1n) is 9.87. The van der Waals surface area contributed by atoms with E-state index in [1.54, 1.807) is 6.07 Å². The molecule has 0 spiro atoms. The minimum absolute atomic E-state index is 0.0486. The highest BCUT2D eigenvalue weighted by atomic mass is 28.3. The smallest absolute Gasteiger partial charge is 0.327 e. The van der Waals surface area contributed by atoms with Crippen LogP contribution in [0.3, 0.4) is 0 Å². The molecule has 31 heavy (non-hydrogen) atoms. The first-order chi connectivity index (χ1) is 14.5. The summed E-state index contributed by atoms with van der Waals surface area (Å²) in [7, 11) is -0.0154. The summed E-state index contributed by atoms with van der Waals surface area (Å²) >= 11 is 0. The highest BCUT2D eigenvalue weighted by molar-refractivity contribution is 6.76. The summed E-state index contributed by atoms with van der Waals surface area (Å²) in [6.07, 6.45) is 5.62. The molecule has 166 valence electrons. The van der Waals surface area contributed by atoms with Gasteiger partial charge in [-0.2, -0.15) is 0 Å². The number of halogens is 1. The zero-order valence-electron chi connectivity index (χ0n) is 18.1. The van der Waals surface area contributed by atoms with Gasteiger partial charge in [-0.05, 0) is 17.7 Å². The van der Waals surface area contributed by atoms with Crippen molar-refractivity contribution in [2.24, 2.45) is 0 Å². The van der Waals surface area contributed by atoms with Gasteiger partial charge in [-0.25, -0.2) is 14.1 Å². The second-order valence-corrected chi connectivity index (χ2v) is 14.5. The molecule has 3 rings (SSSR count). The second kappa shape index (κ2) is 8.32. The second-order valence-electron chi connectivity index (χ2n) is 8.84. The monoisotopic (exact) mass is 447 g/mol. The van der Waals surface area contributed by atoms with Crippen molar-refractivity contribution in [3.05, 3.63) is 29.1 Å². The van der Waals surface area contributed by atoms with Crippen LogP contribution in [0.4, 0.5) is 9.18 Å². The van der Waals surface area contributed by atoms with Crippen molar-refractivity contribution in [3.63, 3.8) is 0 Å². The van der Waals surface area contributed by atoms with Crippen LogP contribution in [0.2, 0.25) is 25.7 Å². The summed E-state index contributed by atoms with van der Waals surface area (Å²) in [6.45, 7) is 6.56. The molecule has 10 heteroatoms. The minimum Gasteiger partial charge on any atom is -0.494 e. The van der Waals surface area contributed by atoms with E-state index in [0.29, 0.717) is 12.2 Å². The number of carbonyl (C=O) groups is 3. The number of benzene rings is 1. The number of nitrogens with one attached hydrogen (secondary N) is 1. The fourth-order valence-electron chi connectivity index (χ4n) is 3.50. The molecule has 2 aliphatic heterocycles. The van der Waals surface area contributed by atoms with Gasteiger partial charge in [-0.1, -0.05) is 31.6 Å². The summed E-state index contributed by atoms with van der Waals surface area (Å²) in [5.41, 5.74) is -1.40. The van der Waals surface area contributed by atoms with Crippen LogP contribution >= 0.6 is 0 Å². The fraction of sp³-hybridized carbons (Fsp3) is 0.476. The van der Waals surface area contributed by atoms with E-state index < -0.39 is 37.3 Å². The molecule has 1 N–H and O–H groups in total. The first-order valence-corrected chi connectivity index (χ1v) is 13.6. The molecule has 1 aromatic rings. The number of hydrogen-bond acceptors (Lipinski definition) is 5. The maximum atomic E-state index is 14.6. The number of methoxy groups -OCH3 is 1. The highest BCUT2D eigenvalue weighted by Crippen LogP contribution is 2.32. The molecule has 1 saturated heterocycles. The van der Waals surface area contributed by atoms with Crippen molar-refractivity contribution >= 4 is 25.9 Å². The third kappa shape index (κ3) is 4.29. The topological polar surface area (TPSA) is 88.2 Å². The van der Waals surface area contributed by atoms with Crippen LogP contribution < -0.4 is 10.1 Å². The van der Waals surface area contributed by atoms with E-state index in [-0.39, 0.29) is 31.1 Å². The van der Waals surface area contributed by atoms with Crippen LogP contribution in [0.5, 0.6) is 5.75 Å². The summed E-state index contributed by atoms with van der Waals surface area (Å²) in [6, 6.07) is 3.22. The van der Waals surface area contributed by atoms with Crippen molar-refractivity contribution in [3.8, 4) is 18.1 Å². The van der Waals surface area contributed by atoms with Crippen molar-refractivity contribution < 1.29 is 28.2 Å². The molecule has 0 radical (unpaired) electrons. The van der Waals surface area contributed by atoms with Crippen LogP contribution in [0.15, 0.2) is 12.1 Å². The molecule has 2 heterocycles. The molecule has 4 amide bonds. The van der Waals surface area contributed by atoms with E-state index in [4.69, 9.17) is 15.9 Å². The van der Waals surface area contributed by atoms with Gasteiger partial charge in [-0.3, -0.25) is 9.59 Å². The summed E-state index contributed by atoms with van der Waals surface area (Å²) in [5, 5.41) is 2.50. The number of fused-ring (bicyclic) bond motifs is 1. The van der Waals surface area contributed by atoms with E-state index in [2.05, 4.69) is 30.9 Å². The number of carbonyl (C=O) groups excluding carboxylic acids is 3. The number of rotatable bonds is 8. The van der Waals surface area contributed by atoms with E-state index in [9.17, 15) is 18.8 Å². The van der Waals surface area contributed by atoms with Gasteiger partial charge in [0, 0.05) is 21.2 Å². The Bertz CT molecular complexity index is 971. The Hall–Kier alpha value is -2.90. The van der Waals surface area contributed by atoms with Crippen LogP contribution in [-0.4, -0.2) is 68.3 Å². The molecule has 8 nitrogen and oxygen atoms in total. The van der Waals surface area contributed by atoms with Crippen molar-refractivity contribution in [1.82, 2.24) is 15.1 Å². The minimum atomic E-state index is -1.74. The van der Waals surface area contributed by atoms with Gasteiger partial charge in [0.05, 0.1) is 19.2 Å². The van der Waals surface area contributed by atoms with E-state index in [1.165, 1.54) is 18.1 Å². The number of hydrogen-bond donors (Lipinski definition) is 1. The van der Waals surface area contributed by atoms with Gasteiger partial charge in [0.25, 0.3) is 11.8 Å². The first kappa shape index (κ1) is 22.8. The molecule has 2 aliphatic rings. The van der Waals surface area contributed by atoms with Gasteiger partial charge in [0.2, 0.25) is 0 Å².